The summed E-state index contributed by atoms with van der Waals surface area (Å²) < 4.78 is 5.16. The molecule has 0 aliphatic rings. The summed E-state index contributed by atoms with van der Waals surface area (Å²) in [5.74, 6) is 0.856. The van der Waals surface area contributed by atoms with Gasteiger partial charge in [-0.3, -0.25) is 0 Å². The van der Waals surface area contributed by atoms with Crippen LogP contribution in [0.5, 0.6) is 5.75 Å². The van der Waals surface area contributed by atoms with Crippen molar-refractivity contribution in [3.8, 4) is 5.75 Å². The molecule has 0 saturated carbocycles. The Labute approximate surface area is 108 Å². The number of methoxy groups -OCH3 is 1. The third kappa shape index (κ3) is 2.90. The second-order valence-electron chi connectivity index (χ2n) is 4.81. The Bertz CT molecular complexity index is 488. The van der Waals surface area contributed by atoms with Crippen molar-refractivity contribution in [3.05, 3.63) is 65.7 Å². The third-order valence-electron chi connectivity index (χ3n) is 3.16. The third-order valence-corrected chi connectivity index (χ3v) is 3.16. The van der Waals surface area contributed by atoms with E-state index >= 15 is 0 Å². The lowest BCUT2D eigenvalue weighted by Crippen LogP contribution is -2.35. The van der Waals surface area contributed by atoms with Crippen LogP contribution in [-0.4, -0.2) is 7.11 Å². The molecule has 0 aromatic heterocycles. The van der Waals surface area contributed by atoms with E-state index in [1.165, 1.54) is 5.56 Å². The Morgan fingerprint density at radius 1 is 1.00 bits per heavy atom. The molecule has 0 fully saturated rings. The number of hydrogen-bond donors (Lipinski definition) is 1. The highest BCUT2D eigenvalue weighted by atomic mass is 16.5. The van der Waals surface area contributed by atoms with Crippen LogP contribution >= 0.6 is 0 Å². The van der Waals surface area contributed by atoms with E-state index in [1.807, 2.05) is 42.5 Å². The molecular weight excluding hydrogens is 222 g/mol. The molecule has 18 heavy (non-hydrogen) atoms. The monoisotopic (exact) mass is 241 g/mol. The highest BCUT2D eigenvalue weighted by molar-refractivity contribution is 5.33. The summed E-state index contributed by atoms with van der Waals surface area (Å²) in [4.78, 5) is 0. The quantitative estimate of drug-likeness (QED) is 0.892. The molecule has 2 aromatic rings. The van der Waals surface area contributed by atoms with Gasteiger partial charge in [-0.1, -0.05) is 42.5 Å². The summed E-state index contributed by atoms with van der Waals surface area (Å²) in [6, 6.07) is 18.3. The molecule has 2 rings (SSSR count). The topological polar surface area (TPSA) is 35.2 Å². The van der Waals surface area contributed by atoms with Gasteiger partial charge >= 0.3 is 0 Å². The lowest BCUT2D eigenvalue weighted by atomic mass is 9.86. The molecule has 0 saturated heterocycles. The fourth-order valence-corrected chi connectivity index (χ4v) is 2.09. The van der Waals surface area contributed by atoms with E-state index in [2.05, 4.69) is 19.1 Å². The summed E-state index contributed by atoms with van der Waals surface area (Å²) in [6.07, 6.45) is 0.820. The first kappa shape index (κ1) is 12.7. The van der Waals surface area contributed by atoms with Crippen LogP contribution in [0, 0.1) is 0 Å². The zero-order valence-corrected chi connectivity index (χ0v) is 10.9. The van der Waals surface area contributed by atoms with Crippen molar-refractivity contribution < 1.29 is 4.74 Å². The van der Waals surface area contributed by atoms with Crippen molar-refractivity contribution in [1.82, 2.24) is 0 Å². The lowest BCUT2D eigenvalue weighted by molar-refractivity contribution is 0.413. The maximum atomic E-state index is 6.42. The van der Waals surface area contributed by atoms with E-state index in [0.717, 1.165) is 17.7 Å². The maximum Gasteiger partial charge on any atom is 0.118 e. The van der Waals surface area contributed by atoms with Gasteiger partial charge in [0, 0.05) is 5.54 Å². The average molecular weight is 241 g/mol. The Balaban J connectivity index is 2.19. The molecule has 1 atom stereocenters. The molecule has 0 heterocycles. The molecule has 0 aliphatic carbocycles. The van der Waals surface area contributed by atoms with Crippen LogP contribution in [0.1, 0.15) is 18.1 Å². The van der Waals surface area contributed by atoms with Crippen molar-refractivity contribution in [3.63, 3.8) is 0 Å². The molecule has 2 nitrogen and oxygen atoms in total. The minimum atomic E-state index is -0.367. The van der Waals surface area contributed by atoms with Gasteiger partial charge in [0.15, 0.2) is 0 Å². The summed E-state index contributed by atoms with van der Waals surface area (Å²) in [7, 11) is 1.67. The van der Waals surface area contributed by atoms with Crippen molar-refractivity contribution >= 4 is 0 Å². The first-order chi connectivity index (χ1) is 8.62. The highest BCUT2D eigenvalue weighted by Gasteiger charge is 2.21. The summed E-state index contributed by atoms with van der Waals surface area (Å²) in [6.45, 7) is 2.06. The van der Waals surface area contributed by atoms with Gasteiger partial charge in [0.05, 0.1) is 7.11 Å². The number of nitrogens with two attached hydrogens (primary N) is 1. The first-order valence-corrected chi connectivity index (χ1v) is 6.09. The summed E-state index contributed by atoms with van der Waals surface area (Å²) in [5.41, 5.74) is 8.42. The lowest BCUT2D eigenvalue weighted by Gasteiger charge is -2.25. The fourth-order valence-electron chi connectivity index (χ4n) is 2.09. The summed E-state index contributed by atoms with van der Waals surface area (Å²) >= 11 is 0. The van der Waals surface area contributed by atoms with Gasteiger partial charge in [0.2, 0.25) is 0 Å². The van der Waals surface area contributed by atoms with Crippen molar-refractivity contribution in [2.24, 2.45) is 5.73 Å². The van der Waals surface area contributed by atoms with Gasteiger partial charge in [-0.15, -0.1) is 0 Å². The van der Waals surface area contributed by atoms with Gasteiger partial charge in [0.25, 0.3) is 0 Å². The highest BCUT2D eigenvalue weighted by Crippen LogP contribution is 2.24. The second-order valence-corrected chi connectivity index (χ2v) is 4.81. The molecule has 2 heteroatoms. The smallest absolute Gasteiger partial charge is 0.118 e. The molecule has 0 radical (unpaired) electrons. The van der Waals surface area contributed by atoms with E-state index in [0.29, 0.717) is 0 Å². The van der Waals surface area contributed by atoms with E-state index < -0.39 is 0 Å². The Morgan fingerprint density at radius 3 is 2.17 bits per heavy atom. The van der Waals surface area contributed by atoms with Crippen molar-refractivity contribution in [1.29, 1.82) is 0 Å². The number of ether oxygens (including phenoxy) is 1. The first-order valence-electron chi connectivity index (χ1n) is 6.09. The zero-order valence-electron chi connectivity index (χ0n) is 10.9. The normalized spacial score (nSPS) is 13.9. The Kier molecular flexibility index (Phi) is 3.68. The molecular formula is C16H19NO. The van der Waals surface area contributed by atoms with Crippen LogP contribution in [0.15, 0.2) is 54.6 Å². The van der Waals surface area contributed by atoms with Gasteiger partial charge in [-0.05, 0) is 36.6 Å². The minimum Gasteiger partial charge on any atom is -0.497 e. The standard InChI is InChI=1S/C16H19NO/c1-16(17,12-13-6-4-3-5-7-13)14-8-10-15(18-2)11-9-14/h3-11H,12,17H2,1-2H3. The molecule has 1 unspecified atom stereocenters. The number of hydrogen-bond acceptors (Lipinski definition) is 2. The molecule has 0 aliphatic heterocycles. The van der Waals surface area contributed by atoms with Crippen molar-refractivity contribution in [2.45, 2.75) is 18.9 Å². The largest absolute Gasteiger partial charge is 0.497 e. The SMILES string of the molecule is COc1ccc(C(C)(N)Cc2ccccc2)cc1. The van der Waals surface area contributed by atoms with E-state index in [9.17, 15) is 0 Å². The molecule has 2 aromatic carbocycles. The molecule has 0 bridgehead atoms. The van der Waals surface area contributed by atoms with Gasteiger partial charge in [-0.2, -0.15) is 0 Å². The van der Waals surface area contributed by atoms with Gasteiger partial charge in [-0.25, -0.2) is 0 Å². The Morgan fingerprint density at radius 2 is 1.61 bits per heavy atom. The number of rotatable bonds is 4. The molecule has 94 valence electrons. The van der Waals surface area contributed by atoms with Crippen LogP contribution in [0.4, 0.5) is 0 Å². The summed E-state index contributed by atoms with van der Waals surface area (Å²) in [5, 5.41) is 0. The van der Waals surface area contributed by atoms with Gasteiger partial charge < -0.3 is 10.5 Å². The Hall–Kier alpha value is -1.80. The van der Waals surface area contributed by atoms with E-state index in [-0.39, 0.29) is 5.54 Å². The van der Waals surface area contributed by atoms with Crippen LogP contribution in [0.2, 0.25) is 0 Å². The second kappa shape index (κ2) is 5.23. The average Bonchev–Trinajstić information content (AvgIpc) is 2.39. The van der Waals surface area contributed by atoms with E-state index in [4.69, 9.17) is 10.5 Å². The van der Waals surface area contributed by atoms with Crippen molar-refractivity contribution in [2.75, 3.05) is 7.11 Å². The fraction of sp³-hybridized carbons (Fsp3) is 0.250. The van der Waals surface area contributed by atoms with Crippen LogP contribution < -0.4 is 10.5 Å². The van der Waals surface area contributed by atoms with E-state index in [1.54, 1.807) is 7.11 Å². The molecule has 0 spiro atoms. The van der Waals surface area contributed by atoms with Gasteiger partial charge in [0.1, 0.15) is 5.75 Å². The number of benzene rings is 2. The zero-order chi connectivity index (χ0) is 13.0. The minimum absolute atomic E-state index is 0.367. The molecule has 2 N–H and O–H groups in total. The van der Waals surface area contributed by atoms with Crippen LogP contribution in [-0.2, 0) is 12.0 Å². The maximum absolute atomic E-state index is 6.42. The molecule has 0 amide bonds. The van der Waals surface area contributed by atoms with Crippen LogP contribution in [0.25, 0.3) is 0 Å². The predicted octanol–water partition coefficient (Wildman–Crippen LogP) is 3.11. The van der Waals surface area contributed by atoms with Crippen LogP contribution in [0.3, 0.4) is 0 Å². The predicted molar refractivity (Wildman–Crippen MR) is 74.7 cm³/mol.